The highest BCUT2D eigenvalue weighted by molar-refractivity contribution is 7.13. The largest absolute Gasteiger partial charge is 0.497 e. The van der Waals surface area contributed by atoms with Crippen LogP contribution in [0.5, 0.6) is 11.5 Å². The molecule has 5 heteroatoms. The Morgan fingerprint density at radius 1 is 1.00 bits per heavy atom. The molecule has 2 aromatic carbocycles. The lowest BCUT2D eigenvalue weighted by Crippen LogP contribution is -2.06. The van der Waals surface area contributed by atoms with Gasteiger partial charge in [0.25, 0.3) is 0 Å². The van der Waals surface area contributed by atoms with E-state index in [1.54, 1.807) is 7.11 Å². The van der Waals surface area contributed by atoms with Crippen LogP contribution in [0.25, 0.3) is 0 Å². The van der Waals surface area contributed by atoms with E-state index < -0.39 is 0 Å². The van der Waals surface area contributed by atoms with Gasteiger partial charge in [-0.1, -0.05) is 45.0 Å². The molecule has 3 rings (SSSR count). The molecule has 0 radical (unpaired) electrons. The number of benzene rings is 2. The van der Waals surface area contributed by atoms with E-state index in [4.69, 9.17) is 15.2 Å². The summed E-state index contributed by atoms with van der Waals surface area (Å²) < 4.78 is 10.9. The van der Waals surface area contributed by atoms with E-state index in [9.17, 15) is 0 Å². The molecular formula is C23H30N2O2S. The van der Waals surface area contributed by atoms with Gasteiger partial charge in [-0.3, -0.25) is 0 Å². The average molecular weight is 399 g/mol. The van der Waals surface area contributed by atoms with Crippen LogP contribution in [-0.2, 0) is 6.42 Å². The molecular weight excluding hydrogens is 368 g/mol. The smallest absolute Gasteiger partial charge is 0.180 e. The molecule has 0 spiro atoms. The fourth-order valence-electron chi connectivity index (χ4n) is 2.87. The summed E-state index contributed by atoms with van der Waals surface area (Å²) in [6, 6.07) is 16.5. The maximum Gasteiger partial charge on any atom is 0.180 e. The quantitative estimate of drug-likeness (QED) is 0.511. The molecule has 1 aromatic heterocycles. The van der Waals surface area contributed by atoms with Gasteiger partial charge in [-0.15, -0.1) is 11.3 Å². The minimum atomic E-state index is 0.150. The highest BCUT2D eigenvalue weighted by Crippen LogP contribution is 2.31. The fourth-order valence-corrected chi connectivity index (χ4v) is 3.48. The van der Waals surface area contributed by atoms with Crippen LogP contribution >= 0.6 is 11.3 Å². The van der Waals surface area contributed by atoms with Gasteiger partial charge in [0, 0.05) is 11.3 Å². The van der Waals surface area contributed by atoms with Crippen molar-refractivity contribution in [2.75, 3.05) is 19.5 Å². The van der Waals surface area contributed by atoms with Gasteiger partial charge in [-0.2, -0.15) is 0 Å². The van der Waals surface area contributed by atoms with Crippen LogP contribution in [0.4, 0.5) is 5.13 Å². The molecule has 0 aliphatic heterocycles. The van der Waals surface area contributed by atoms with Crippen LogP contribution in [-0.4, -0.2) is 18.7 Å². The molecule has 3 aromatic rings. The number of nitrogen functional groups attached to an aromatic ring is 1. The highest BCUT2D eigenvalue weighted by Gasteiger charge is 2.18. The van der Waals surface area contributed by atoms with Crippen molar-refractivity contribution in [1.29, 1.82) is 0 Å². The first-order valence-electron chi connectivity index (χ1n) is 9.76. The first-order chi connectivity index (χ1) is 13.7. The summed E-state index contributed by atoms with van der Waals surface area (Å²) in [5.41, 5.74) is 9.31. The number of methoxy groups -OCH3 is 1. The van der Waals surface area contributed by atoms with Crippen molar-refractivity contribution < 1.29 is 9.47 Å². The number of aromatic nitrogens is 1. The van der Waals surface area contributed by atoms with Gasteiger partial charge in [0.05, 0.1) is 19.4 Å². The Bertz CT molecular complexity index is 813. The summed E-state index contributed by atoms with van der Waals surface area (Å²) in [5.74, 6) is 1.91. The molecule has 4 nitrogen and oxygen atoms in total. The van der Waals surface area contributed by atoms with Crippen LogP contribution in [0.2, 0.25) is 0 Å². The third kappa shape index (κ3) is 5.99. The Labute approximate surface area is 172 Å². The number of hydrogen-bond acceptors (Lipinski definition) is 5. The van der Waals surface area contributed by atoms with E-state index in [-0.39, 0.29) is 5.92 Å². The molecule has 2 N–H and O–H groups in total. The van der Waals surface area contributed by atoms with Crippen LogP contribution in [0.1, 0.15) is 49.9 Å². The average Bonchev–Trinajstić information content (AvgIpc) is 3.19. The zero-order valence-electron chi connectivity index (χ0n) is 17.1. The molecule has 0 aliphatic rings. The molecule has 1 unspecified atom stereocenters. The number of rotatable bonds is 8. The molecule has 0 saturated heterocycles. The van der Waals surface area contributed by atoms with Gasteiger partial charge in [0.15, 0.2) is 5.13 Å². The van der Waals surface area contributed by atoms with Crippen molar-refractivity contribution in [1.82, 2.24) is 4.98 Å². The standard InChI is InChI=1S/C21H24N2O2S.C2H6/c1-3-12-25-18-10-6-16(7-11-18)19(20-14-26-21(22)23-20)13-15-4-8-17(24-2)9-5-15;1-2/h4-11,14,19H,3,12-13H2,1-2H3,(H2,22,23);1-2H3. The Morgan fingerprint density at radius 2 is 1.64 bits per heavy atom. The SMILES string of the molecule is CC.CCCOc1ccc(C(Cc2ccc(OC)cc2)c2csc(N)n2)cc1. The van der Waals surface area contributed by atoms with E-state index in [0.717, 1.165) is 36.6 Å². The molecule has 0 saturated carbocycles. The summed E-state index contributed by atoms with van der Waals surface area (Å²) in [4.78, 5) is 4.53. The van der Waals surface area contributed by atoms with Crippen molar-refractivity contribution in [3.05, 3.63) is 70.7 Å². The monoisotopic (exact) mass is 398 g/mol. The Hall–Kier alpha value is -2.53. The minimum absolute atomic E-state index is 0.150. The van der Waals surface area contributed by atoms with Crippen LogP contribution in [0, 0.1) is 0 Å². The molecule has 150 valence electrons. The van der Waals surface area contributed by atoms with E-state index >= 15 is 0 Å². The van der Waals surface area contributed by atoms with Gasteiger partial charge in [0.2, 0.25) is 0 Å². The highest BCUT2D eigenvalue weighted by atomic mass is 32.1. The minimum Gasteiger partial charge on any atom is -0.497 e. The van der Waals surface area contributed by atoms with E-state index in [2.05, 4.69) is 36.2 Å². The predicted molar refractivity (Wildman–Crippen MR) is 119 cm³/mol. The number of ether oxygens (including phenoxy) is 2. The zero-order valence-corrected chi connectivity index (χ0v) is 18.0. The lowest BCUT2D eigenvalue weighted by molar-refractivity contribution is 0.317. The predicted octanol–water partition coefficient (Wildman–Crippen LogP) is 5.92. The van der Waals surface area contributed by atoms with Gasteiger partial charge in [-0.05, 0) is 48.2 Å². The van der Waals surface area contributed by atoms with E-state index in [1.165, 1.54) is 22.5 Å². The van der Waals surface area contributed by atoms with E-state index in [1.807, 2.05) is 43.5 Å². The number of anilines is 1. The Kier molecular flexibility index (Phi) is 8.82. The van der Waals surface area contributed by atoms with Gasteiger partial charge >= 0.3 is 0 Å². The summed E-state index contributed by atoms with van der Waals surface area (Å²) in [5, 5.41) is 2.65. The number of nitrogens with two attached hydrogens (primary N) is 1. The molecule has 0 fully saturated rings. The summed E-state index contributed by atoms with van der Waals surface area (Å²) in [7, 11) is 1.68. The second-order valence-electron chi connectivity index (χ2n) is 6.13. The summed E-state index contributed by atoms with van der Waals surface area (Å²) in [6.45, 7) is 6.84. The van der Waals surface area contributed by atoms with Crippen LogP contribution in [0.15, 0.2) is 53.9 Å². The number of hydrogen-bond donors (Lipinski definition) is 1. The summed E-state index contributed by atoms with van der Waals surface area (Å²) >= 11 is 1.48. The first kappa shape index (κ1) is 21.8. The lowest BCUT2D eigenvalue weighted by atomic mass is 9.89. The van der Waals surface area contributed by atoms with Gasteiger partial charge in [0.1, 0.15) is 11.5 Å². The lowest BCUT2D eigenvalue weighted by Gasteiger charge is -2.17. The van der Waals surface area contributed by atoms with Crippen molar-refractivity contribution >= 4 is 16.5 Å². The molecule has 0 amide bonds. The fraction of sp³-hybridized carbons (Fsp3) is 0.348. The first-order valence-corrected chi connectivity index (χ1v) is 10.6. The molecule has 0 bridgehead atoms. The normalized spacial score (nSPS) is 11.3. The zero-order chi connectivity index (χ0) is 20.4. The number of thiazole rings is 1. The Morgan fingerprint density at radius 3 is 2.18 bits per heavy atom. The third-order valence-corrected chi connectivity index (χ3v) is 4.94. The van der Waals surface area contributed by atoms with Crippen molar-refractivity contribution in [2.24, 2.45) is 0 Å². The van der Waals surface area contributed by atoms with E-state index in [0.29, 0.717) is 5.13 Å². The molecule has 1 heterocycles. The molecule has 1 atom stereocenters. The van der Waals surface area contributed by atoms with Crippen molar-refractivity contribution in [3.8, 4) is 11.5 Å². The maximum atomic E-state index is 5.88. The number of nitrogens with zero attached hydrogens (tertiary/aromatic N) is 1. The van der Waals surface area contributed by atoms with Crippen LogP contribution in [0.3, 0.4) is 0 Å². The Balaban J connectivity index is 0.00000136. The van der Waals surface area contributed by atoms with Gasteiger partial charge in [-0.25, -0.2) is 4.98 Å². The second kappa shape index (κ2) is 11.3. The van der Waals surface area contributed by atoms with Gasteiger partial charge < -0.3 is 15.2 Å². The molecule has 28 heavy (non-hydrogen) atoms. The van der Waals surface area contributed by atoms with Crippen molar-refractivity contribution in [3.63, 3.8) is 0 Å². The third-order valence-electron chi connectivity index (χ3n) is 4.25. The topological polar surface area (TPSA) is 57.4 Å². The second-order valence-corrected chi connectivity index (χ2v) is 7.02. The molecule has 0 aliphatic carbocycles. The summed E-state index contributed by atoms with van der Waals surface area (Å²) in [6.07, 6.45) is 1.85. The van der Waals surface area contributed by atoms with Crippen LogP contribution < -0.4 is 15.2 Å². The van der Waals surface area contributed by atoms with Crippen molar-refractivity contribution in [2.45, 2.75) is 39.5 Å². The maximum absolute atomic E-state index is 5.88.